The van der Waals surface area contributed by atoms with Gasteiger partial charge in [-0.25, -0.2) is 4.79 Å². The van der Waals surface area contributed by atoms with Crippen molar-refractivity contribution >= 4 is 6.03 Å². The van der Waals surface area contributed by atoms with Crippen LogP contribution in [0.25, 0.3) is 0 Å². The van der Waals surface area contributed by atoms with Crippen molar-refractivity contribution in [2.75, 3.05) is 13.2 Å². The van der Waals surface area contributed by atoms with E-state index < -0.39 is 0 Å². The highest BCUT2D eigenvalue weighted by molar-refractivity contribution is 5.74. The molecule has 0 spiro atoms. The third kappa shape index (κ3) is 4.94. The van der Waals surface area contributed by atoms with E-state index in [2.05, 4.69) is 10.6 Å². The number of carbonyl (C=O) groups excluding carboxylic acids is 1. The lowest BCUT2D eigenvalue weighted by atomic mass is 9.92. The summed E-state index contributed by atoms with van der Waals surface area (Å²) in [6, 6.07) is 0.00356. The minimum atomic E-state index is -0.134. The van der Waals surface area contributed by atoms with Gasteiger partial charge in [0.1, 0.15) is 0 Å². The summed E-state index contributed by atoms with van der Waals surface area (Å²) >= 11 is 0. The SMILES string of the molecule is O=C(NCCCO)NC1CCCCC1OC1CCCC1. The van der Waals surface area contributed by atoms with Crippen molar-refractivity contribution in [3.05, 3.63) is 0 Å². The molecule has 0 bridgehead atoms. The minimum absolute atomic E-state index is 0.108. The fourth-order valence-electron chi connectivity index (χ4n) is 3.20. The zero-order chi connectivity index (χ0) is 14.2. The Labute approximate surface area is 121 Å². The first-order chi connectivity index (χ1) is 9.79. The number of amides is 2. The van der Waals surface area contributed by atoms with Crippen LogP contribution in [-0.2, 0) is 4.74 Å². The molecule has 2 unspecified atom stereocenters. The van der Waals surface area contributed by atoms with E-state index in [1.54, 1.807) is 0 Å². The molecule has 0 aliphatic heterocycles. The van der Waals surface area contributed by atoms with E-state index in [4.69, 9.17) is 9.84 Å². The summed E-state index contributed by atoms with van der Waals surface area (Å²) in [5.41, 5.74) is 0. The van der Waals surface area contributed by atoms with E-state index in [0.29, 0.717) is 19.1 Å². The van der Waals surface area contributed by atoms with Crippen LogP contribution in [0.1, 0.15) is 57.8 Å². The van der Waals surface area contributed by atoms with Crippen LogP contribution >= 0.6 is 0 Å². The van der Waals surface area contributed by atoms with E-state index in [-0.39, 0.29) is 24.8 Å². The van der Waals surface area contributed by atoms with E-state index in [9.17, 15) is 4.79 Å². The molecular formula is C15H28N2O3. The van der Waals surface area contributed by atoms with Gasteiger partial charge in [0.25, 0.3) is 0 Å². The minimum Gasteiger partial charge on any atom is -0.396 e. The molecule has 2 aliphatic rings. The average molecular weight is 284 g/mol. The number of aliphatic hydroxyl groups excluding tert-OH is 1. The molecule has 3 N–H and O–H groups in total. The van der Waals surface area contributed by atoms with Gasteiger partial charge in [0, 0.05) is 13.2 Å². The van der Waals surface area contributed by atoms with Crippen molar-refractivity contribution in [3.63, 3.8) is 0 Å². The van der Waals surface area contributed by atoms with Crippen molar-refractivity contribution in [3.8, 4) is 0 Å². The number of ether oxygens (including phenoxy) is 1. The van der Waals surface area contributed by atoms with Gasteiger partial charge >= 0.3 is 6.03 Å². The highest BCUT2D eigenvalue weighted by Gasteiger charge is 2.30. The van der Waals surface area contributed by atoms with Crippen LogP contribution in [0.5, 0.6) is 0 Å². The van der Waals surface area contributed by atoms with Crippen LogP contribution < -0.4 is 10.6 Å². The lowest BCUT2D eigenvalue weighted by Gasteiger charge is -2.34. The number of carbonyl (C=O) groups is 1. The molecule has 0 aromatic heterocycles. The van der Waals surface area contributed by atoms with Crippen LogP contribution in [0.15, 0.2) is 0 Å². The molecule has 0 radical (unpaired) electrons. The Bertz CT molecular complexity index is 293. The van der Waals surface area contributed by atoms with Crippen molar-refractivity contribution < 1.29 is 14.6 Å². The Kier molecular flexibility index (Phi) is 6.60. The predicted octanol–water partition coefficient (Wildman–Crippen LogP) is 1.94. The Balaban J connectivity index is 1.75. The van der Waals surface area contributed by atoms with Gasteiger partial charge < -0.3 is 20.5 Å². The van der Waals surface area contributed by atoms with E-state index >= 15 is 0 Å². The van der Waals surface area contributed by atoms with Gasteiger partial charge in [-0.3, -0.25) is 0 Å². The van der Waals surface area contributed by atoms with E-state index in [1.807, 2.05) is 0 Å². The second kappa shape index (κ2) is 8.47. The van der Waals surface area contributed by atoms with Gasteiger partial charge in [-0.15, -0.1) is 0 Å². The fraction of sp³-hybridized carbons (Fsp3) is 0.933. The lowest BCUT2D eigenvalue weighted by molar-refractivity contribution is -0.0410. The maximum Gasteiger partial charge on any atom is 0.315 e. The maximum atomic E-state index is 11.8. The zero-order valence-electron chi connectivity index (χ0n) is 12.3. The molecule has 0 aromatic carbocycles. The highest BCUT2D eigenvalue weighted by atomic mass is 16.5. The summed E-state index contributed by atoms with van der Waals surface area (Å²) in [7, 11) is 0. The monoisotopic (exact) mass is 284 g/mol. The van der Waals surface area contributed by atoms with Crippen LogP contribution in [0, 0.1) is 0 Å². The Hall–Kier alpha value is -0.810. The van der Waals surface area contributed by atoms with E-state index in [1.165, 1.54) is 32.1 Å². The number of aliphatic hydroxyl groups is 1. The van der Waals surface area contributed by atoms with Crippen molar-refractivity contribution in [1.29, 1.82) is 0 Å². The predicted molar refractivity (Wildman–Crippen MR) is 77.6 cm³/mol. The first kappa shape index (κ1) is 15.6. The molecule has 0 saturated heterocycles. The van der Waals surface area contributed by atoms with E-state index in [0.717, 1.165) is 19.3 Å². The Morgan fingerprint density at radius 2 is 1.80 bits per heavy atom. The molecule has 0 heterocycles. The zero-order valence-corrected chi connectivity index (χ0v) is 12.3. The summed E-state index contributed by atoms with van der Waals surface area (Å²) in [5.74, 6) is 0. The van der Waals surface area contributed by atoms with Gasteiger partial charge in [0.05, 0.1) is 18.2 Å². The molecule has 5 nitrogen and oxygen atoms in total. The number of rotatable bonds is 6. The summed E-state index contributed by atoms with van der Waals surface area (Å²) in [4.78, 5) is 11.8. The maximum absolute atomic E-state index is 11.8. The number of hydrogen-bond donors (Lipinski definition) is 3. The first-order valence-electron chi connectivity index (χ1n) is 8.10. The largest absolute Gasteiger partial charge is 0.396 e. The molecular weight excluding hydrogens is 256 g/mol. The summed E-state index contributed by atoms with van der Waals surface area (Å²) < 4.78 is 6.21. The van der Waals surface area contributed by atoms with Crippen LogP contribution in [0.2, 0.25) is 0 Å². The molecule has 2 amide bonds. The second-order valence-electron chi connectivity index (χ2n) is 5.95. The molecule has 2 fully saturated rings. The Morgan fingerprint density at radius 1 is 1.10 bits per heavy atom. The van der Waals surface area contributed by atoms with Crippen molar-refractivity contribution in [2.24, 2.45) is 0 Å². The molecule has 0 aromatic rings. The van der Waals surface area contributed by atoms with Crippen molar-refractivity contribution in [2.45, 2.75) is 76.0 Å². The van der Waals surface area contributed by atoms with Gasteiger partial charge in [-0.05, 0) is 32.1 Å². The summed E-state index contributed by atoms with van der Waals surface area (Å²) in [6.07, 6.45) is 10.5. The van der Waals surface area contributed by atoms with Gasteiger partial charge in [-0.1, -0.05) is 25.7 Å². The quantitative estimate of drug-likeness (QED) is 0.653. The summed E-state index contributed by atoms with van der Waals surface area (Å²) in [6.45, 7) is 0.625. The molecule has 2 rings (SSSR count). The third-order valence-corrected chi connectivity index (χ3v) is 4.31. The summed E-state index contributed by atoms with van der Waals surface area (Å²) in [5, 5.41) is 14.5. The van der Waals surface area contributed by atoms with Gasteiger partial charge in [0.15, 0.2) is 0 Å². The third-order valence-electron chi connectivity index (χ3n) is 4.31. The van der Waals surface area contributed by atoms with Crippen LogP contribution in [0.3, 0.4) is 0 Å². The van der Waals surface area contributed by atoms with Crippen molar-refractivity contribution in [1.82, 2.24) is 10.6 Å². The van der Waals surface area contributed by atoms with Gasteiger partial charge in [0.2, 0.25) is 0 Å². The fourth-order valence-corrected chi connectivity index (χ4v) is 3.20. The molecule has 20 heavy (non-hydrogen) atoms. The topological polar surface area (TPSA) is 70.6 Å². The average Bonchev–Trinajstić information content (AvgIpc) is 2.94. The van der Waals surface area contributed by atoms with Crippen LogP contribution in [0.4, 0.5) is 4.79 Å². The standard InChI is InChI=1S/C15H28N2O3/c18-11-5-10-16-15(19)17-13-8-3-4-9-14(13)20-12-6-1-2-7-12/h12-14,18H,1-11H2,(H2,16,17,19). The Morgan fingerprint density at radius 3 is 2.55 bits per heavy atom. The first-order valence-corrected chi connectivity index (χ1v) is 8.10. The number of hydrogen-bond acceptors (Lipinski definition) is 3. The normalized spacial score (nSPS) is 27.4. The lowest BCUT2D eigenvalue weighted by Crippen LogP contribution is -2.50. The number of nitrogens with one attached hydrogen (secondary N) is 2. The van der Waals surface area contributed by atoms with Gasteiger partial charge in [-0.2, -0.15) is 0 Å². The highest BCUT2D eigenvalue weighted by Crippen LogP contribution is 2.28. The second-order valence-corrected chi connectivity index (χ2v) is 5.95. The molecule has 116 valence electrons. The molecule has 2 aliphatic carbocycles. The number of urea groups is 1. The molecule has 2 saturated carbocycles. The van der Waals surface area contributed by atoms with Crippen LogP contribution in [-0.4, -0.2) is 42.5 Å². The molecule has 2 atom stereocenters. The molecule has 5 heteroatoms. The smallest absolute Gasteiger partial charge is 0.315 e.